The summed E-state index contributed by atoms with van der Waals surface area (Å²) in [5.41, 5.74) is 12.4. The number of nitrogens with zero attached hydrogens (tertiary/aromatic N) is 3. The minimum absolute atomic E-state index is 0.0425. The maximum Gasteiger partial charge on any atom is 0.270 e. The number of benzene rings is 1. The zero-order valence-electron chi connectivity index (χ0n) is 21.5. The molecular formula is C27H34N6O3S. The molecule has 196 valence electrons. The van der Waals surface area contributed by atoms with E-state index in [1.807, 2.05) is 51.1 Å². The van der Waals surface area contributed by atoms with Crippen LogP contribution in [0.2, 0.25) is 0 Å². The van der Waals surface area contributed by atoms with Crippen molar-refractivity contribution in [1.29, 1.82) is 0 Å². The number of rotatable bonds is 8. The van der Waals surface area contributed by atoms with Crippen LogP contribution in [0.1, 0.15) is 91.1 Å². The van der Waals surface area contributed by atoms with Gasteiger partial charge in [-0.2, -0.15) is 4.37 Å². The summed E-state index contributed by atoms with van der Waals surface area (Å²) >= 11 is 0.841. The normalized spacial score (nSPS) is 15.3. The van der Waals surface area contributed by atoms with Crippen LogP contribution in [0.5, 0.6) is 0 Å². The number of anilines is 1. The summed E-state index contributed by atoms with van der Waals surface area (Å²) in [6.45, 7) is 5.92. The molecule has 1 aliphatic rings. The van der Waals surface area contributed by atoms with E-state index in [0.29, 0.717) is 12.0 Å². The highest BCUT2D eigenvalue weighted by Crippen LogP contribution is 2.36. The Kier molecular flexibility index (Phi) is 7.77. The van der Waals surface area contributed by atoms with Gasteiger partial charge in [-0.15, -0.1) is 0 Å². The Labute approximate surface area is 220 Å². The fourth-order valence-electron chi connectivity index (χ4n) is 4.79. The molecule has 1 atom stereocenters. The number of amides is 3. The van der Waals surface area contributed by atoms with E-state index >= 15 is 0 Å². The van der Waals surface area contributed by atoms with Crippen LogP contribution in [0.4, 0.5) is 5.69 Å². The van der Waals surface area contributed by atoms with E-state index in [2.05, 4.69) is 14.7 Å². The molecular weight excluding hydrogens is 488 g/mol. The monoisotopic (exact) mass is 522 g/mol. The van der Waals surface area contributed by atoms with Crippen LogP contribution in [0, 0.1) is 0 Å². The van der Waals surface area contributed by atoms with Gasteiger partial charge < -0.3 is 21.7 Å². The van der Waals surface area contributed by atoms with Crippen molar-refractivity contribution in [1.82, 2.24) is 19.6 Å². The molecule has 0 aliphatic heterocycles. The first-order valence-electron chi connectivity index (χ1n) is 12.7. The third kappa shape index (κ3) is 5.58. The largest absolute Gasteiger partial charge is 0.395 e. The minimum Gasteiger partial charge on any atom is -0.395 e. The van der Waals surface area contributed by atoms with Gasteiger partial charge in [0.2, 0.25) is 5.91 Å². The van der Waals surface area contributed by atoms with Gasteiger partial charge in [0.05, 0.1) is 11.2 Å². The summed E-state index contributed by atoms with van der Waals surface area (Å²) in [6.07, 6.45) is 6.96. The minimum atomic E-state index is -0.912. The Balaban J connectivity index is 1.87. The molecule has 5 N–H and O–H groups in total. The quantitative estimate of drug-likeness (QED) is 0.404. The Morgan fingerprint density at radius 3 is 2.57 bits per heavy atom. The number of carbonyl (C=O) groups excluding carboxylic acids is 3. The van der Waals surface area contributed by atoms with Gasteiger partial charge in [0.1, 0.15) is 10.9 Å². The van der Waals surface area contributed by atoms with Gasteiger partial charge >= 0.3 is 0 Å². The average Bonchev–Trinajstić information content (AvgIpc) is 3.28. The predicted molar refractivity (Wildman–Crippen MR) is 145 cm³/mol. The molecule has 1 aromatic carbocycles. The second-order valence-electron chi connectivity index (χ2n) is 10.2. The van der Waals surface area contributed by atoms with Crippen LogP contribution in [0.15, 0.2) is 36.5 Å². The van der Waals surface area contributed by atoms with Crippen LogP contribution in [0.25, 0.3) is 10.9 Å². The topological polar surface area (TPSA) is 144 Å². The lowest BCUT2D eigenvalue weighted by molar-refractivity contribution is -0.128. The molecule has 3 amide bonds. The van der Waals surface area contributed by atoms with Gasteiger partial charge in [-0.1, -0.05) is 38.3 Å². The molecule has 1 aliphatic carbocycles. The lowest BCUT2D eigenvalue weighted by atomic mass is 9.90. The molecule has 0 spiro atoms. The first kappa shape index (κ1) is 26.5. The highest BCUT2D eigenvalue weighted by Gasteiger charge is 2.40. The maximum atomic E-state index is 14.2. The number of nitrogens with two attached hydrogens (primary N) is 2. The molecule has 0 radical (unpaired) electrons. The van der Waals surface area contributed by atoms with Crippen molar-refractivity contribution in [2.24, 2.45) is 5.73 Å². The van der Waals surface area contributed by atoms with Gasteiger partial charge in [0, 0.05) is 23.2 Å². The summed E-state index contributed by atoms with van der Waals surface area (Å²) in [5, 5.41) is 4.02. The van der Waals surface area contributed by atoms with E-state index in [1.54, 1.807) is 11.1 Å². The fraction of sp³-hybridized carbons (Fsp3) is 0.444. The molecule has 0 saturated heterocycles. The van der Waals surface area contributed by atoms with Gasteiger partial charge in [0.25, 0.3) is 11.8 Å². The summed E-state index contributed by atoms with van der Waals surface area (Å²) in [7, 11) is 0. The fourth-order valence-corrected chi connectivity index (χ4v) is 5.54. The van der Waals surface area contributed by atoms with Crippen molar-refractivity contribution in [3.8, 4) is 0 Å². The summed E-state index contributed by atoms with van der Waals surface area (Å²) in [5.74, 6) is -1.49. The van der Waals surface area contributed by atoms with Crippen LogP contribution in [0.3, 0.4) is 0 Å². The van der Waals surface area contributed by atoms with E-state index in [1.165, 1.54) is 0 Å². The third-order valence-corrected chi connectivity index (χ3v) is 8.02. The molecule has 0 bridgehead atoms. The lowest BCUT2D eigenvalue weighted by Crippen LogP contribution is -2.53. The molecule has 2 heterocycles. The van der Waals surface area contributed by atoms with E-state index in [0.717, 1.165) is 54.5 Å². The summed E-state index contributed by atoms with van der Waals surface area (Å²) in [4.78, 5) is 46.2. The van der Waals surface area contributed by atoms with Gasteiger partial charge in [-0.05, 0) is 68.4 Å². The van der Waals surface area contributed by atoms with Crippen LogP contribution in [-0.2, 0) is 4.79 Å². The van der Waals surface area contributed by atoms with Crippen molar-refractivity contribution in [2.45, 2.75) is 76.9 Å². The molecule has 1 fully saturated rings. The van der Waals surface area contributed by atoms with Crippen molar-refractivity contribution in [3.63, 3.8) is 0 Å². The Morgan fingerprint density at radius 1 is 1.19 bits per heavy atom. The van der Waals surface area contributed by atoms with E-state index in [-0.39, 0.29) is 28.2 Å². The molecule has 10 heteroatoms. The first-order chi connectivity index (χ1) is 17.6. The lowest BCUT2D eigenvalue weighted by Gasteiger charge is -2.40. The van der Waals surface area contributed by atoms with E-state index in [4.69, 9.17) is 11.5 Å². The van der Waals surface area contributed by atoms with E-state index in [9.17, 15) is 14.4 Å². The molecule has 37 heavy (non-hydrogen) atoms. The number of fused-ring (bicyclic) bond motifs is 1. The van der Waals surface area contributed by atoms with Crippen LogP contribution >= 0.6 is 11.5 Å². The number of nitrogens with one attached hydrogen (secondary N) is 1. The van der Waals surface area contributed by atoms with Crippen LogP contribution < -0.4 is 16.8 Å². The standard InChI is InChI=1S/C27H34N6O3S/c1-4-27(2,3)31-25(35)22(17-12-13-19-16(15-17)9-8-14-30-19)33(18-10-6-5-7-11-18)26(36)23-20(28)21(24(29)34)32-37-23/h8-9,12-15,18,22H,4-7,10-11,28H2,1-3H3,(H2,29,34)(H,31,35). The van der Waals surface area contributed by atoms with Gasteiger partial charge in [0.15, 0.2) is 5.69 Å². The smallest absolute Gasteiger partial charge is 0.270 e. The molecule has 2 aromatic heterocycles. The number of nitrogen functional groups attached to an aromatic ring is 1. The molecule has 4 rings (SSSR count). The number of pyridine rings is 1. The Bertz CT molecular complexity index is 1310. The number of hydrogen-bond acceptors (Lipinski definition) is 7. The van der Waals surface area contributed by atoms with Crippen molar-refractivity contribution >= 4 is 45.8 Å². The highest BCUT2D eigenvalue weighted by atomic mass is 32.1. The Morgan fingerprint density at radius 2 is 1.92 bits per heavy atom. The Hall–Kier alpha value is -3.53. The van der Waals surface area contributed by atoms with Gasteiger partial charge in [-0.3, -0.25) is 19.4 Å². The zero-order chi connectivity index (χ0) is 26.7. The summed E-state index contributed by atoms with van der Waals surface area (Å²) < 4.78 is 4.04. The van der Waals surface area contributed by atoms with Crippen molar-refractivity contribution in [2.75, 3.05) is 5.73 Å². The third-order valence-electron chi connectivity index (χ3n) is 7.17. The van der Waals surface area contributed by atoms with Crippen LogP contribution in [-0.4, -0.2) is 43.6 Å². The molecule has 1 unspecified atom stereocenters. The van der Waals surface area contributed by atoms with Crippen molar-refractivity contribution < 1.29 is 14.4 Å². The van der Waals surface area contributed by atoms with E-state index < -0.39 is 23.4 Å². The SMILES string of the molecule is CCC(C)(C)NC(=O)C(c1ccc2ncccc2c1)N(C(=O)c1snc(C(N)=O)c1N)C1CCCCC1. The molecule has 9 nitrogen and oxygen atoms in total. The average molecular weight is 523 g/mol. The molecule has 1 saturated carbocycles. The second-order valence-corrected chi connectivity index (χ2v) is 11.0. The van der Waals surface area contributed by atoms with Gasteiger partial charge in [-0.25, -0.2) is 0 Å². The number of primary amides is 1. The summed E-state index contributed by atoms with van der Waals surface area (Å²) in [6, 6.07) is 8.32. The van der Waals surface area contributed by atoms with Crippen molar-refractivity contribution in [3.05, 3.63) is 52.7 Å². The second kappa shape index (κ2) is 10.8. The number of hydrogen-bond donors (Lipinski definition) is 3. The zero-order valence-corrected chi connectivity index (χ0v) is 22.3. The predicted octanol–water partition coefficient (Wildman–Crippen LogP) is 4.19. The number of carbonyl (C=O) groups is 3. The number of aromatic nitrogens is 2. The highest BCUT2D eigenvalue weighted by molar-refractivity contribution is 7.09. The maximum absolute atomic E-state index is 14.2. The first-order valence-corrected chi connectivity index (χ1v) is 13.4. The molecule has 3 aromatic rings.